The second kappa shape index (κ2) is 5.66. The first-order chi connectivity index (χ1) is 8.69. The van der Waals surface area contributed by atoms with Gasteiger partial charge in [0.05, 0.1) is 0 Å². The first-order valence-corrected chi connectivity index (χ1v) is 6.24. The monoisotopic (exact) mass is 250 g/mol. The van der Waals surface area contributed by atoms with Crippen LogP contribution in [0.3, 0.4) is 0 Å². The molecule has 0 spiro atoms. The van der Waals surface area contributed by atoms with Gasteiger partial charge < -0.3 is 15.3 Å². The highest BCUT2D eigenvalue weighted by Gasteiger charge is 2.21. The molecule has 1 heterocycles. The summed E-state index contributed by atoms with van der Waals surface area (Å²) in [5, 5.41) is 12.2. The van der Waals surface area contributed by atoms with Crippen LogP contribution in [0, 0.1) is 0 Å². The molecule has 0 radical (unpaired) electrons. The minimum Gasteiger partial charge on any atom is -0.480 e. The molecule has 6 nitrogen and oxygen atoms in total. The molecule has 0 saturated heterocycles. The molecular formula is C12H18N4O2. The molecule has 0 atom stereocenters. The number of hydrogen-bond acceptors (Lipinski definition) is 5. The van der Waals surface area contributed by atoms with Gasteiger partial charge >= 0.3 is 5.97 Å². The van der Waals surface area contributed by atoms with E-state index < -0.39 is 5.97 Å². The van der Waals surface area contributed by atoms with E-state index >= 15 is 0 Å². The van der Waals surface area contributed by atoms with Gasteiger partial charge in [0.2, 0.25) is 0 Å². The molecule has 1 fully saturated rings. The van der Waals surface area contributed by atoms with Gasteiger partial charge in [-0.25, -0.2) is 9.97 Å². The average molecular weight is 250 g/mol. The number of nitrogens with zero attached hydrogens (tertiary/aromatic N) is 3. The van der Waals surface area contributed by atoms with Crippen molar-refractivity contribution in [3.8, 4) is 0 Å². The molecule has 1 aliphatic carbocycles. The van der Waals surface area contributed by atoms with Gasteiger partial charge in [-0.05, 0) is 19.3 Å². The Labute approximate surface area is 106 Å². The van der Waals surface area contributed by atoms with E-state index in [0.29, 0.717) is 18.4 Å². The Kier molecular flexibility index (Phi) is 3.96. The first-order valence-electron chi connectivity index (χ1n) is 6.24. The molecule has 0 bridgehead atoms. The fraction of sp³-hybridized carbons (Fsp3) is 0.583. The highest BCUT2D eigenvalue weighted by atomic mass is 16.4. The summed E-state index contributed by atoms with van der Waals surface area (Å²) in [7, 11) is 0. The van der Waals surface area contributed by atoms with Crippen LogP contribution >= 0.6 is 0 Å². The summed E-state index contributed by atoms with van der Waals surface area (Å²) in [5.41, 5.74) is 0. The van der Waals surface area contributed by atoms with Gasteiger partial charge in [0, 0.05) is 18.7 Å². The Morgan fingerprint density at radius 1 is 1.56 bits per heavy atom. The SMILES string of the molecule is CCCN(CC(=O)O)c1cc(NC2CC2)ncn1. The normalized spacial score (nSPS) is 14.3. The second-order valence-electron chi connectivity index (χ2n) is 4.50. The molecule has 1 aromatic rings. The molecular weight excluding hydrogens is 232 g/mol. The number of aromatic nitrogens is 2. The minimum atomic E-state index is -0.848. The summed E-state index contributed by atoms with van der Waals surface area (Å²) in [6.07, 6.45) is 4.70. The van der Waals surface area contributed by atoms with Crippen molar-refractivity contribution in [1.29, 1.82) is 0 Å². The largest absolute Gasteiger partial charge is 0.480 e. The van der Waals surface area contributed by atoms with Gasteiger partial charge in [-0.1, -0.05) is 6.92 Å². The van der Waals surface area contributed by atoms with Crippen molar-refractivity contribution in [2.24, 2.45) is 0 Å². The van der Waals surface area contributed by atoms with E-state index in [-0.39, 0.29) is 6.54 Å². The Balaban J connectivity index is 2.09. The Hall–Kier alpha value is -1.85. The zero-order valence-electron chi connectivity index (χ0n) is 10.5. The van der Waals surface area contributed by atoms with E-state index in [4.69, 9.17) is 5.11 Å². The number of hydrogen-bond donors (Lipinski definition) is 2. The highest BCUT2D eigenvalue weighted by molar-refractivity contribution is 5.73. The molecule has 2 rings (SSSR count). The van der Waals surface area contributed by atoms with Gasteiger partial charge in [0.15, 0.2) is 0 Å². The van der Waals surface area contributed by atoms with Crippen molar-refractivity contribution < 1.29 is 9.90 Å². The van der Waals surface area contributed by atoms with Gasteiger partial charge in [-0.15, -0.1) is 0 Å². The maximum Gasteiger partial charge on any atom is 0.323 e. The molecule has 0 aliphatic heterocycles. The first kappa shape index (κ1) is 12.6. The van der Waals surface area contributed by atoms with Crippen molar-refractivity contribution in [3.05, 3.63) is 12.4 Å². The summed E-state index contributed by atoms with van der Waals surface area (Å²) in [5.74, 6) is 0.588. The summed E-state index contributed by atoms with van der Waals surface area (Å²) in [6.45, 7) is 2.65. The molecule has 2 N–H and O–H groups in total. The molecule has 1 aromatic heterocycles. The number of anilines is 2. The Morgan fingerprint density at radius 2 is 2.33 bits per heavy atom. The average Bonchev–Trinajstić information content (AvgIpc) is 3.12. The molecule has 0 amide bonds. The minimum absolute atomic E-state index is 0.0340. The van der Waals surface area contributed by atoms with Crippen LogP contribution in [0.2, 0.25) is 0 Å². The van der Waals surface area contributed by atoms with Crippen molar-refractivity contribution >= 4 is 17.6 Å². The number of aliphatic carboxylic acids is 1. The highest BCUT2D eigenvalue weighted by Crippen LogP contribution is 2.24. The summed E-state index contributed by atoms with van der Waals surface area (Å²) >= 11 is 0. The molecule has 1 saturated carbocycles. The zero-order valence-corrected chi connectivity index (χ0v) is 10.5. The van der Waals surface area contributed by atoms with Crippen molar-refractivity contribution in [3.63, 3.8) is 0 Å². The second-order valence-corrected chi connectivity index (χ2v) is 4.50. The number of nitrogens with one attached hydrogen (secondary N) is 1. The molecule has 1 aliphatic rings. The predicted octanol–water partition coefficient (Wildman–Crippen LogP) is 1.35. The van der Waals surface area contributed by atoms with Crippen molar-refractivity contribution in [2.45, 2.75) is 32.2 Å². The van der Waals surface area contributed by atoms with Crippen LogP contribution < -0.4 is 10.2 Å². The smallest absolute Gasteiger partial charge is 0.323 e. The van der Waals surface area contributed by atoms with E-state index in [0.717, 1.165) is 12.2 Å². The van der Waals surface area contributed by atoms with Crippen LogP contribution in [0.15, 0.2) is 12.4 Å². The topological polar surface area (TPSA) is 78.4 Å². The van der Waals surface area contributed by atoms with E-state index in [9.17, 15) is 4.79 Å². The Morgan fingerprint density at radius 3 is 2.94 bits per heavy atom. The van der Waals surface area contributed by atoms with Gasteiger partial charge in [-0.2, -0.15) is 0 Å². The summed E-state index contributed by atoms with van der Waals surface area (Å²) in [6, 6.07) is 2.34. The standard InChI is InChI=1S/C12H18N4O2/c1-2-5-16(7-12(17)18)11-6-10(13-8-14-11)15-9-3-4-9/h6,8-9H,2-5,7H2,1H3,(H,17,18)(H,13,14,15). The molecule has 0 aromatic carbocycles. The summed E-state index contributed by atoms with van der Waals surface area (Å²) < 4.78 is 0. The summed E-state index contributed by atoms with van der Waals surface area (Å²) in [4.78, 5) is 20.9. The predicted molar refractivity (Wildman–Crippen MR) is 68.8 cm³/mol. The molecule has 0 unspecified atom stereocenters. The van der Waals surface area contributed by atoms with Crippen LogP contribution in [0.4, 0.5) is 11.6 Å². The van der Waals surface area contributed by atoms with Gasteiger partial charge in [0.25, 0.3) is 0 Å². The number of carbonyl (C=O) groups is 1. The lowest BCUT2D eigenvalue weighted by Gasteiger charge is -2.21. The fourth-order valence-corrected chi connectivity index (χ4v) is 1.74. The van der Waals surface area contributed by atoms with Crippen LogP contribution in [-0.2, 0) is 4.79 Å². The van der Waals surface area contributed by atoms with E-state index in [2.05, 4.69) is 15.3 Å². The van der Waals surface area contributed by atoms with Crippen LogP contribution in [0.1, 0.15) is 26.2 Å². The van der Waals surface area contributed by atoms with E-state index in [1.807, 2.05) is 13.0 Å². The third-order valence-electron chi connectivity index (χ3n) is 2.73. The lowest BCUT2D eigenvalue weighted by Crippen LogP contribution is -2.31. The van der Waals surface area contributed by atoms with Crippen molar-refractivity contribution in [1.82, 2.24) is 9.97 Å². The third-order valence-corrected chi connectivity index (χ3v) is 2.73. The van der Waals surface area contributed by atoms with Crippen molar-refractivity contribution in [2.75, 3.05) is 23.3 Å². The van der Waals surface area contributed by atoms with Gasteiger partial charge in [-0.3, -0.25) is 4.79 Å². The third kappa shape index (κ3) is 3.58. The lowest BCUT2D eigenvalue weighted by atomic mass is 10.3. The maximum absolute atomic E-state index is 10.8. The van der Waals surface area contributed by atoms with Gasteiger partial charge in [0.1, 0.15) is 24.5 Å². The number of rotatable bonds is 7. The molecule has 18 heavy (non-hydrogen) atoms. The van der Waals surface area contributed by atoms with Crippen LogP contribution in [0.5, 0.6) is 0 Å². The quantitative estimate of drug-likeness (QED) is 0.760. The fourth-order valence-electron chi connectivity index (χ4n) is 1.74. The maximum atomic E-state index is 10.8. The molecule has 98 valence electrons. The lowest BCUT2D eigenvalue weighted by molar-refractivity contribution is -0.135. The van der Waals surface area contributed by atoms with E-state index in [1.54, 1.807) is 4.90 Å². The van der Waals surface area contributed by atoms with E-state index in [1.165, 1.54) is 19.2 Å². The van der Waals surface area contributed by atoms with Crippen LogP contribution in [-0.4, -0.2) is 40.2 Å². The number of carboxylic acid groups (broad SMARTS) is 1. The van der Waals surface area contributed by atoms with Crippen LogP contribution in [0.25, 0.3) is 0 Å². The Bertz CT molecular complexity index is 420. The zero-order chi connectivity index (χ0) is 13.0. The molecule has 6 heteroatoms. The number of carboxylic acids is 1.